The van der Waals surface area contributed by atoms with Gasteiger partial charge in [0, 0.05) is 17.6 Å². The average Bonchev–Trinajstić information content (AvgIpc) is 2.93. The molecular formula is C14H15F2N3OS. The van der Waals surface area contributed by atoms with Crippen LogP contribution in [0.4, 0.5) is 13.9 Å². The third-order valence-corrected chi connectivity index (χ3v) is 3.85. The molecule has 0 aliphatic heterocycles. The Hall–Kier alpha value is -1.86. The number of likely N-dealkylation sites (N-methyl/N-ethyl adjacent to an activating group) is 1. The van der Waals surface area contributed by atoms with Crippen LogP contribution in [0.2, 0.25) is 0 Å². The number of anilines is 1. The van der Waals surface area contributed by atoms with Crippen molar-refractivity contribution in [1.82, 2.24) is 9.88 Å². The van der Waals surface area contributed by atoms with Gasteiger partial charge in [-0.15, -0.1) is 11.3 Å². The van der Waals surface area contributed by atoms with Gasteiger partial charge in [-0.2, -0.15) is 0 Å². The van der Waals surface area contributed by atoms with Crippen molar-refractivity contribution in [3.63, 3.8) is 0 Å². The van der Waals surface area contributed by atoms with E-state index in [4.69, 9.17) is 0 Å². The number of amides is 1. The second-order valence-corrected chi connectivity index (χ2v) is 5.54. The Bertz CT molecular complexity index is 619. The van der Waals surface area contributed by atoms with Crippen molar-refractivity contribution in [2.24, 2.45) is 0 Å². The Kier molecular flexibility index (Phi) is 4.98. The molecule has 21 heavy (non-hydrogen) atoms. The van der Waals surface area contributed by atoms with E-state index in [0.29, 0.717) is 10.7 Å². The quantitative estimate of drug-likeness (QED) is 0.923. The molecule has 4 nitrogen and oxygen atoms in total. The van der Waals surface area contributed by atoms with E-state index < -0.39 is 11.6 Å². The third kappa shape index (κ3) is 4.05. The second-order valence-electron chi connectivity index (χ2n) is 4.65. The van der Waals surface area contributed by atoms with Crippen molar-refractivity contribution in [2.45, 2.75) is 13.0 Å². The molecule has 0 aliphatic carbocycles. The highest BCUT2D eigenvalue weighted by Gasteiger charge is 2.17. The fourth-order valence-corrected chi connectivity index (χ4v) is 2.38. The van der Waals surface area contributed by atoms with E-state index in [9.17, 15) is 13.6 Å². The average molecular weight is 311 g/mol. The van der Waals surface area contributed by atoms with E-state index in [0.717, 1.165) is 12.1 Å². The molecule has 0 bridgehead atoms. The maximum absolute atomic E-state index is 13.2. The van der Waals surface area contributed by atoms with Crippen molar-refractivity contribution in [1.29, 1.82) is 0 Å². The molecule has 0 spiro atoms. The van der Waals surface area contributed by atoms with Crippen LogP contribution in [0.15, 0.2) is 29.8 Å². The van der Waals surface area contributed by atoms with E-state index in [1.54, 1.807) is 23.5 Å². The highest BCUT2D eigenvalue weighted by Crippen LogP contribution is 2.20. The van der Waals surface area contributed by atoms with Gasteiger partial charge < -0.3 is 5.32 Å². The van der Waals surface area contributed by atoms with Gasteiger partial charge >= 0.3 is 0 Å². The van der Waals surface area contributed by atoms with Crippen LogP contribution in [-0.4, -0.2) is 29.4 Å². The molecule has 7 heteroatoms. The van der Waals surface area contributed by atoms with Crippen molar-refractivity contribution in [2.75, 3.05) is 18.9 Å². The van der Waals surface area contributed by atoms with Crippen molar-refractivity contribution in [3.05, 3.63) is 47.0 Å². The number of carbonyl (C=O) groups excluding carboxylic acids is 1. The zero-order valence-corrected chi connectivity index (χ0v) is 12.5. The van der Waals surface area contributed by atoms with Crippen LogP contribution in [0.1, 0.15) is 18.5 Å². The van der Waals surface area contributed by atoms with Crippen LogP contribution >= 0.6 is 11.3 Å². The molecule has 0 aliphatic rings. The summed E-state index contributed by atoms with van der Waals surface area (Å²) in [6.45, 7) is 1.95. The number of carbonyl (C=O) groups is 1. The summed E-state index contributed by atoms with van der Waals surface area (Å²) in [5.41, 5.74) is 0.610. The molecule has 1 amide bonds. The van der Waals surface area contributed by atoms with E-state index in [1.807, 2.05) is 6.92 Å². The molecule has 0 saturated heterocycles. The lowest BCUT2D eigenvalue weighted by molar-refractivity contribution is -0.117. The Morgan fingerprint density at radius 2 is 2.19 bits per heavy atom. The van der Waals surface area contributed by atoms with Crippen molar-refractivity contribution >= 4 is 22.4 Å². The minimum atomic E-state index is -0.889. The summed E-state index contributed by atoms with van der Waals surface area (Å²) in [7, 11) is 1.74. The molecule has 1 unspecified atom stereocenters. The van der Waals surface area contributed by atoms with Crippen LogP contribution in [0, 0.1) is 11.6 Å². The molecule has 1 N–H and O–H groups in total. The number of halogens is 2. The highest BCUT2D eigenvalue weighted by molar-refractivity contribution is 7.13. The van der Waals surface area contributed by atoms with E-state index in [1.165, 1.54) is 17.4 Å². The Balaban J connectivity index is 1.96. The smallest absolute Gasteiger partial charge is 0.240 e. The van der Waals surface area contributed by atoms with Crippen molar-refractivity contribution in [3.8, 4) is 0 Å². The van der Waals surface area contributed by atoms with Gasteiger partial charge in [0.15, 0.2) is 16.8 Å². The number of hydrogen-bond acceptors (Lipinski definition) is 4. The molecule has 112 valence electrons. The standard InChI is InChI=1S/C14H15F2N3OS/c1-9(10-3-4-11(15)12(16)7-10)19(2)8-13(20)18-14-17-5-6-21-14/h3-7,9H,8H2,1-2H3,(H,17,18,20). The third-order valence-electron chi connectivity index (χ3n) is 3.16. The Labute approximate surface area is 125 Å². The predicted octanol–water partition coefficient (Wildman–Crippen LogP) is 3.05. The topological polar surface area (TPSA) is 45.2 Å². The number of nitrogens with zero attached hydrogens (tertiary/aromatic N) is 2. The maximum Gasteiger partial charge on any atom is 0.240 e. The van der Waals surface area contributed by atoms with Crippen LogP contribution in [0.3, 0.4) is 0 Å². The molecule has 0 fully saturated rings. The van der Waals surface area contributed by atoms with Crippen LogP contribution in [-0.2, 0) is 4.79 Å². The van der Waals surface area contributed by atoms with E-state index >= 15 is 0 Å². The Morgan fingerprint density at radius 1 is 1.43 bits per heavy atom. The van der Waals surface area contributed by atoms with Gasteiger partial charge in [0.05, 0.1) is 6.54 Å². The lowest BCUT2D eigenvalue weighted by Gasteiger charge is -2.24. The van der Waals surface area contributed by atoms with Gasteiger partial charge in [-0.05, 0) is 31.7 Å². The molecule has 1 aromatic heterocycles. The molecule has 0 saturated carbocycles. The first-order valence-electron chi connectivity index (χ1n) is 6.32. The number of thiazole rings is 1. The van der Waals surface area contributed by atoms with Gasteiger partial charge in [-0.1, -0.05) is 6.07 Å². The monoisotopic (exact) mass is 311 g/mol. The predicted molar refractivity (Wildman–Crippen MR) is 78.1 cm³/mol. The first-order chi connectivity index (χ1) is 9.97. The van der Waals surface area contributed by atoms with Gasteiger partial charge in [0.25, 0.3) is 0 Å². The van der Waals surface area contributed by atoms with Crippen LogP contribution in [0.5, 0.6) is 0 Å². The summed E-state index contributed by atoms with van der Waals surface area (Å²) < 4.78 is 26.2. The van der Waals surface area contributed by atoms with E-state index in [-0.39, 0.29) is 18.5 Å². The van der Waals surface area contributed by atoms with Crippen molar-refractivity contribution < 1.29 is 13.6 Å². The largest absolute Gasteiger partial charge is 0.301 e. The van der Waals surface area contributed by atoms with Crippen LogP contribution in [0.25, 0.3) is 0 Å². The maximum atomic E-state index is 13.2. The molecular weight excluding hydrogens is 296 g/mol. The summed E-state index contributed by atoms with van der Waals surface area (Å²) in [5.74, 6) is -1.98. The van der Waals surface area contributed by atoms with Gasteiger partial charge in [-0.3, -0.25) is 9.69 Å². The highest BCUT2D eigenvalue weighted by atomic mass is 32.1. The minimum Gasteiger partial charge on any atom is -0.301 e. The summed E-state index contributed by atoms with van der Waals surface area (Å²) >= 11 is 1.33. The number of hydrogen-bond donors (Lipinski definition) is 1. The first-order valence-corrected chi connectivity index (χ1v) is 7.20. The summed E-state index contributed by atoms with van der Waals surface area (Å²) in [4.78, 5) is 17.6. The number of rotatable bonds is 5. The molecule has 2 rings (SSSR count). The SMILES string of the molecule is CC(c1ccc(F)c(F)c1)N(C)CC(=O)Nc1nccs1. The van der Waals surface area contributed by atoms with Gasteiger partial charge in [0.2, 0.25) is 5.91 Å². The minimum absolute atomic E-state index is 0.125. The molecule has 2 aromatic rings. The number of benzene rings is 1. The van der Waals surface area contributed by atoms with Gasteiger partial charge in [0.1, 0.15) is 0 Å². The van der Waals surface area contributed by atoms with Gasteiger partial charge in [-0.25, -0.2) is 13.8 Å². The lowest BCUT2D eigenvalue weighted by atomic mass is 10.1. The number of nitrogens with one attached hydrogen (secondary N) is 1. The normalized spacial score (nSPS) is 12.4. The molecule has 1 atom stereocenters. The molecule has 1 heterocycles. The molecule has 1 aromatic carbocycles. The fourth-order valence-electron chi connectivity index (χ4n) is 1.83. The van der Waals surface area contributed by atoms with Crippen LogP contribution < -0.4 is 5.32 Å². The molecule has 0 radical (unpaired) electrons. The zero-order valence-electron chi connectivity index (χ0n) is 11.6. The Morgan fingerprint density at radius 3 is 2.81 bits per heavy atom. The second kappa shape index (κ2) is 6.73. The summed E-state index contributed by atoms with van der Waals surface area (Å²) in [6, 6.07) is 3.53. The fraction of sp³-hybridized carbons (Fsp3) is 0.286. The lowest BCUT2D eigenvalue weighted by Crippen LogP contribution is -2.32. The summed E-state index contributed by atoms with van der Waals surface area (Å²) in [5, 5.41) is 4.98. The summed E-state index contributed by atoms with van der Waals surface area (Å²) in [6.07, 6.45) is 1.61. The van der Waals surface area contributed by atoms with E-state index in [2.05, 4.69) is 10.3 Å². The first kappa shape index (κ1) is 15.5. The zero-order chi connectivity index (χ0) is 15.4. The number of aromatic nitrogens is 1.